The van der Waals surface area contributed by atoms with Crippen LogP contribution < -0.4 is 24.8 Å². The third-order valence-electron chi connectivity index (χ3n) is 7.05. The van der Waals surface area contributed by atoms with Gasteiger partial charge >= 0.3 is 41.3 Å². The minimum atomic E-state index is 0. The van der Waals surface area contributed by atoms with Crippen LogP contribution in [0, 0.1) is 0 Å². The predicted molar refractivity (Wildman–Crippen MR) is 165 cm³/mol. The Kier molecular flexibility index (Phi) is 9.75. The first-order chi connectivity index (χ1) is 18.6. The summed E-state index contributed by atoms with van der Waals surface area (Å²) < 4.78 is 1.51. The predicted octanol–water partition coefficient (Wildman–Crippen LogP) is 4.48. The molecule has 0 fully saturated rings. The number of benzene rings is 6. The largest absolute Gasteiger partial charge is 1.00 e. The van der Waals surface area contributed by atoms with E-state index in [9.17, 15) is 0 Å². The Balaban J connectivity index is 0.000000157. The van der Waals surface area contributed by atoms with E-state index in [1.807, 2.05) is 0 Å². The van der Waals surface area contributed by atoms with Crippen molar-refractivity contribution in [2.24, 2.45) is 0 Å². The Morgan fingerprint density at radius 3 is 1.18 bits per heavy atom. The summed E-state index contributed by atoms with van der Waals surface area (Å²) in [6.07, 6.45) is 0. The van der Waals surface area contributed by atoms with Gasteiger partial charge in [0, 0.05) is 0 Å². The molecule has 0 amide bonds. The van der Waals surface area contributed by atoms with Gasteiger partial charge in [-0.1, -0.05) is 117 Å². The van der Waals surface area contributed by atoms with Gasteiger partial charge < -0.3 is 24.8 Å². The molecule has 40 heavy (non-hydrogen) atoms. The summed E-state index contributed by atoms with van der Waals surface area (Å²) in [7, 11) is 0. The van der Waals surface area contributed by atoms with E-state index in [-0.39, 0.29) is 24.8 Å². The van der Waals surface area contributed by atoms with Crippen molar-refractivity contribution in [1.29, 1.82) is 0 Å². The molecule has 0 atom stereocenters. The van der Waals surface area contributed by atoms with Crippen molar-refractivity contribution >= 4 is 67.8 Å². The number of halogens is 2. The van der Waals surface area contributed by atoms with Gasteiger partial charge in [-0.2, -0.15) is 24.3 Å². The molecule has 0 aromatic heterocycles. The van der Waals surface area contributed by atoms with E-state index in [4.69, 9.17) is 0 Å². The maximum atomic E-state index is 2.21. The molecule has 3 heteroatoms. The molecular weight excluding hydrogens is 607 g/mol. The quantitative estimate of drug-likeness (QED) is 0.171. The fourth-order valence-electron chi connectivity index (χ4n) is 5.43. The monoisotopic (exact) mass is 632 g/mol. The molecule has 0 spiro atoms. The summed E-state index contributed by atoms with van der Waals surface area (Å²) in [6, 6.07) is 47.9. The molecule has 0 radical (unpaired) electrons. The Morgan fingerprint density at radius 2 is 0.775 bits per heavy atom. The van der Waals surface area contributed by atoms with Crippen LogP contribution in [0.3, 0.4) is 0 Å². The molecule has 8 aromatic rings. The van der Waals surface area contributed by atoms with Gasteiger partial charge in [-0.05, 0) is 10.8 Å². The maximum Gasteiger partial charge on any atom is -0.0271 e. The molecule has 0 nitrogen and oxygen atoms in total. The first-order valence-electron chi connectivity index (χ1n) is 13.0. The summed E-state index contributed by atoms with van der Waals surface area (Å²) in [6.45, 7) is 4.25. The number of fused-ring (bicyclic) bond motifs is 10. The molecule has 0 aliphatic heterocycles. The second kappa shape index (κ2) is 13.1. The topological polar surface area (TPSA) is 0 Å². The Labute approximate surface area is 262 Å². The van der Waals surface area contributed by atoms with Gasteiger partial charge in [0.15, 0.2) is 0 Å². The van der Waals surface area contributed by atoms with Crippen LogP contribution >= 0.6 is 0 Å². The molecule has 0 heterocycles. The molecular formula is C37H28Cl2Zr-2. The summed E-state index contributed by atoms with van der Waals surface area (Å²) in [5.41, 5.74) is 0. The summed E-state index contributed by atoms with van der Waals surface area (Å²) in [4.78, 5) is 0. The van der Waals surface area contributed by atoms with Crippen molar-refractivity contribution in [3.8, 4) is 0 Å². The molecule has 8 rings (SSSR count). The average Bonchev–Trinajstić information content (AvgIpc) is 3.62. The Hall–Kier alpha value is -3.09. The van der Waals surface area contributed by atoms with Crippen molar-refractivity contribution < 1.29 is 49.0 Å². The van der Waals surface area contributed by atoms with Crippen LogP contribution in [0.1, 0.15) is 13.8 Å². The zero-order valence-corrected chi connectivity index (χ0v) is 26.4. The van der Waals surface area contributed by atoms with Crippen LogP contribution in [0.15, 0.2) is 133 Å². The smallest absolute Gasteiger partial charge is 0.0271 e. The van der Waals surface area contributed by atoms with Gasteiger partial charge in [0.2, 0.25) is 0 Å². The van der Waals surface area contributed by atoms with Crippen LogP contribution in [-0.2, 0) is 24.2 Å². The van der Waals surface area contributed by atoms with Crippen LogP contribution in [0.2, 0.25) is 0 Å². The average molecular weight is 635 g/mol. The number of rotatable bonds is 0. The van der Waals surface area contributed by atoms with Gasteiger partial charge in [-0.15, -0.1) is 45.8 Å². The fourth-order valence-corrected chi connectivity index (χ4v) is 5.43. The van der Waals surface area contributed by atoms with Crippen molar-refractivity contribution in [2.45, 2.75) is 13.8 Å². The molecule has 196 valence electrons. The zero-order chi connectivity index (χ0) is 26.1. The van der Waals surface area contributed by atoms with Gasteiger partial charge in [0.25, 0.3) is 0 Å². The van der Waals surface area contributed by atoms with Gasteiger partial charge in [-0.25, -0.2) is 0 Å². The molecule has 0 unspecified atom stereocenters. The van der Waals surface area contributed by atoms with Crippen LogP contribution in [0.5, 0.6) is 0 Å². The summed E-state index contributed by atoms with van der Waals surface area (Å²) in [5.74, 6) is 0. The van der Waals surface area contributed by atoms with Crippen LogP contribution in [-0.4, -0.2) is 3.21 Å². The fraction of sp³-hybridized carbons (Fsp3) is 0.0541. The van der Waals surface area contributed by atoms with Gasteiger partial charge in [-0.3, -0.25) is 0 Å². The van der Waals surface area contributed by atoms with E-state index < -0.39 is 0 Å². The first kappa shape index (κ1) is 29.9. The third-order valence-corrected chi connectivity index (χ3v) is 7.05. The minimum Gasteiger partial charge on any atom is -1.00 e. The zero-order valence-electron chi connectivity index (χ0n) is 22.5. The van der Waals surface area contributed by atoms with Crippen molar-refractivity contribution in [3.05, 3.63) is 133 Å². The molecule has 0 aliphatic rings. The maximum absolute atomic E-state index is 2.21. The summed E-state index contributed by atoms with van der Waals surface area (Å²) in [5, 5.41) is 16.1. The van der Waals surface area contributed by atoms with E-state index in [0.717, 1.165) is 0 Å². The van der Waals surface area contributed by atoms with Crippen LogP contribution in [0.25, 0.3) is 64.6 Å². The van der Waals surface area contributed by atoms with E-state index in [1.165, 1.54) is 67.8 Å². The second-order valence-electron chi connectivity index (χ2n) is 9.96. The van der Waals surface area contributed by atoms with E-state index in [1.54, 1.807) is 24.2 Å². The summed E-state index contributed by atoms with van der Waals surface area (Å²) >= 11 is 1.55. The van der Waals surface area contributed by atoms with Crippen molar-refractivity contribution in [2.75, 3.05) is 0 Å². The second-order valence-corrected chi connectivity index (χ2v) is 12.4. The van der Waals surface area contributed by atoms with E-state index in [2.05, 4.69) is 147 Å². The SMILES string of the molecule is C[C](C)=[Zr+2].[Cl-].[Cl-].c1ccc2c(c1)ccc1ccc3cc[cH-]c3c12.c1ccc2c(c1)ccc1ccc3cc[cH-]c3c12. The first-order valence-corrected chi connectivity index (χ1v) is 14.3. The van der Waals surface area contributed by atoms with Gasteiger partial charge in [0.05, 0.1) is 0 Å². The third kappa shape index (κ3) is 5.84. The van der Waals surface area contributed by atoms with Crippen LogP contribution in [0.4, 0.5) is 0 Å². The number of hydrogen-bond acceptors (Lipinski definition) is 0. The Bertz CT molecular complexity index is 1930. The molecule has 0 aliphatic carbocycles. The minimum absolute atomic E-state index is 0. The Morgan fingerprint density at radius 1 is 0.450 bits per heavy atom. The van der Waals surface area contributed by atoms with Gasteiger partial charge in [0.1, 0.15) is 0 Å². The molecule has 8 aromatic carbocycles. The molecule has 0 N–H and O–H groups in total. The van der Waals surface area contributed by atoms with Crippen molar-refractivity contribution in [3.63, 3.8) is 0 Å². The van der Waals surface area contributed by atoms with Crippen molar-refractivity contribution in [1.82, 2.24) is 0 Å². The van der Waals surface area contributed by atoms with E-state index >= 15 is 0 Å². The normalized spacial score (nSPS) is 10.5. The molecule has 0 bridgehead atoms. The number of hydrogen-bond donors (Lipinski definition) is 0. The van der Waals surface area contributed by atoms with E-state index in [0.29, 0.717) is 0 Å². The molecule has 0 saturated heterocycles. The standard InChI is InChI=1S/2C17H11.C3H6.2ClH.Zr/c2*1-2-6-15-12(4-1)8-10-14-11-9-13-5-3-7-16(13)17(14)15;1-3-2;;;/h2*1-11H;1-2H3;2*1H;/q2*-1;;;;+2/p-2. The molecule has 0 saturated carbocycles.